The number of benzene rings is 1. The van der Waals surface area contributed by atoms with E-state index in [1.54, 1.807) is 6.92 Å². The summed E-state index contributed by atoms with van der Waals surface area (Å²) >= 11 is 5.13. The lowest BCUT2D eigenvalue weighted by Gasteiger charge is -2.33. The topological polar surface area (TPSA) is 60.4 Å². The van der Waals surface area contributed by atoms with E-state index in [-0.39, 0.29) is 12.0 Å². The summed E-state index contributed by atoms with van der Waals surface area (Å²) in [7, 11) is 0. The van der Waals surface area contributed by atoms with Crippen LogP contribution in [0.5, 0.6) is 11.5 Å². The number of nitrogens with zero attached hydrogens (tertiary/aromatic N) is 2. The van der Waals surface area contributed by atoms with Gasteiger partial charge < -0.3 is 19.1 Å². The number of aliphatic imine (C=N–C) groups is 1. The largest absolute Gasteiger partial charge is 0.490 e. The van der Waals surface area contributed by atoms with Gasteiger partial charge in [0.25, 0.3) is 0 Å². The van der Waals surface area contributed by atoms with Crippen LogP contribution in [-0.2, 0) is 9.53 Å². The van der Waals surface area contributed by atoms with Crippen LogP contribution in [0.25, 0.3) is 0 Å². The average Bonchev–Trinajstić information content (AvgIpc) is 3.11. The van der Waals surface area contributed by atoms with Gasteiger partial charge in [-0.3, -0.25) is 0 Å². The highest BCUT2D eigenvalue weighted by atomic mass is 79.9. The molecule has 6 nitrogen and oxygen atoms in total. The number of allylic oxidation sites excluding steroid dienone is 1. The van der Waals surface area contributed by atoms with Crippen molar-refractivity contribution in [3.05, 3.63) is 45.0 Å². The van der Waals surface area contributed by atoms with Gasteiger partial charge in [-0.25, -0.2) is 9.79 Å². The van der Waals surface area contributed by atoms with Crippen molar-refractivity contribution < 1.29 is 19.0 Å². The third kappa shape index (κ3) is 3.93. The van der Waals surface area contributed by atoms with Gasteiger partial charge in [0.1, 0.15) is 0 Å². The van der Waals surface area contributed by atoms with Gasteiger partial charge in [0.05, 0.1) is 41.6 Å². The molecule has 0 bridgehead atoms. The first kappa shape index (κ1) is 20.8. The lowest BCUT2D eigenvalue weighted by molar-refractivity contribution is -0.139. The van der Waals surface area contributed by atoms with E-state index in [0.717, 1.165) is 15.2 Å². The minimum absolute atomic E-state index is 0.306. The summed E-state index contributed by atoms with van der Waals surface area (Å²) in [6.45, 7) is 8.83. The van der Waals surface area contributed by atoms with Gasteiger partial charge in [-0.05, 0) is 66.7 Å². The van der Waals surface area contributed by atoms with Crippen LogP contribution in [0.2, 0.25) is 0 Å². The van der Waals surface area contributed by atoms with Crippen LogP contribution in [-0.4, -0.2) is 35.9 Å². The molecule has 0 saturated carbocycles. The summed E-state index contributed by atoms with van der Waals surface area (Å²) in [6, 6.07) is 3.53. The second-order valence-corrected chi connectivity index (χ2v) is 7.75. The van der Waals surface area contributed by atoms with E-state index in [0.29, 0.717) is 42.6 Å². The van der Waals surface area contributed by atoms with Gasteiger partial charge in [0, 0.05) is 6.20 Å². The number of amidine groups is 1. The number of rotatable bonds is 7. The Morgan fingerprint density at radius 2 is 1.96 bits per heavy atom. The molecule has 0 N–H and O–H groups in total. The summed E-state index contributed by atoms with van der Waals surface area (Å²) in [5, 5.41) is 2.79. The minimum Gasteiger partial charge on any atom is -0.490 e. The highest BCUT2D eigenvalue weighted by Crippen LogP contribution is 2.45. The SMILES string of the molecule is CCOC(=O)C1=C(C)N=C2SC=CN2C1c1cc(Br)c(OCC)c(OCC)c1. The maximum atomic E-state index is 12.8. The maximum absolute atomic E-state index is 12.8. The van der Waals surface area contributed by atoms with Crippen LogP contribution >= 0.6 is 27.7 Å². The van der Waals surface area contributed by atoms with E-state index in [4.69, 9.17) is 14.2 Å². The monoisotopic (exact) mass is 466 g/mol. The van der Waals surface area contributed by atoms with Gasteiger partial charge in [-0.1, -0.05) is 11.8 Å². The molecule has 2 aliphatic rings. The van der Waals surface area contributed by atoms with Crippen molar-refractivity contribution in [1.82, 2.24) is 4.90 Å². The van der Waals surface area contributed by atoms with Gasteiger partial charge in [0.15, 0.2) is 16.7 Å². The summed E-state index contributed by atoms with van der Waals surface area (Å²) in [4.78, 5) is 19.3. The molecule has 1 aromatic carbocycles. The number of ether oxygens (including phenoxy) is 3. The predicted molar refractivity (Wildman–Crippen MR) is 115 cm³/mol. The molecule has 2 aliphatic heterocycles. The van der Waals surface area contributed by atoms with Crippen molar-refractivity contribution >= 4 is 38.8 Å². The molecule has 1 unspecified atom stereocenters. The fraction of sp³-hybridized carbons (Fsp3) is 0.400. The smallest absolute Gasteiger partial charge is 0.338 e. The summed E-state index contributed by atoms with van der Waals surface area (Å²) < 4.78 is 17.7. The van der Waals surface area contributed by atoms with Gasteiger partial charge in [-0.2, -0.15) is 0 Å². The molecule has 28 heavy (non-hydrogen) atoms. The van der Waals surface area contributed by atoms with E-state index in [2.05, 4.69) is 20.9 Å². The Balaban J connectivity index is 2.14. The molecule has 8 heteroatoms. The van der Waals surface area contributed by atoms with E-state index >= 15 is 0 Å². The van der Waals surface area contributed by atoms with Crippen LogP contribution in [0.15, 0.2) is 44.5 Å². The normalized spacial score (nSPS) is 18.1. The molecule has 0 radical (unpaired) electrons. The van der Waals surface area contributed by atoms with E-state index in [1.165, 1.54) is 11.8 Å². The van der Waals surface area contributed by atoms with Gasteiger partial charge in [-0.15, -0.1) is 0 Å². The van der Waals surface area contributed by atoms with E-state index in [9.17, 15) is 4.79 Å². The molecular formula is C20H23BrN2O4S. The maximum Gasteiger partial charge on any atom is 0.338 e. The Morgan fingerprint density at radius 1 is 1.21 bits per heavy atom. The number of esters is 1. The lowest BCUT2D eigenvalue weighted by Crippen LogP contribution is -2.34. The molecule has 0 aromatic heterocycles. The Kier molecular flexibility index (Phi) is 6.72. The second-order valence-electron chi connectivity index (χ2n) is 6.02. The number of thioether (sulfide) groups is 1. The first-order chi connectivity index (χ1) is 13.5. The molecule has 2 heterocycles. The molecule has 0 amide bonds. The van der Waals surface area contributed by atoms with Crippen molar-refractivity contribution in [3.8, 4) is 11.5 Å². The molecular weight excluding hydrogens is 444 g/mol. The zero-order valence-corrected chi connectivity index (χ0v) is 18.7. The van der Waals surface area contributed by atoms with Crippen LogP contribution in [0.1, 0.15) is 39.3 Å². The van der Waals surface area contributed by atoms with Crippen molar-refractivity contribution in [2.75, 3.05) is 19.8 Å². The molecule has 0 fully saturated rings. The lowest BCUT2D eigenvalue weighted by atomic mass is 9.94. The number of carbonyl (C=O) groups is 1. The number of fused-ring (bicyclic) bond motifs is 1. The molecule has 150 valence electrons. The zero-order chi connectivity index (χ0) is 20.3. The summed E-state index contributed by atoms with van der Waals surface area (Å²) in [5.74, 6) is 0.929. The van der Waals surface area contributed by atoms with Crippen LogP contribution in [0.4, 0.5) is 0 Å². The molecule has 1 atom stereocenters. The number of hydrogen-bond acceptors (Lipinski definition) is 7. The molecule has 0 spiro atoms. The van der Waals surface area contributed by atoms with Crippen LogP contribution < -0.4 is 9.47 Å². The summed E-state index contributed by atoms with van der Waals surface area (Å²) in [6.07, 6.45) is 1.94. The van der Waals surface area contributed by atoms with E-state index in [1.807, 2.05) is 49.4 Å². The number of halogens is 1. The predicted octanol–water partition coefficient (Wildman–Crippen LogP) is 5.01. The van der Waals surface area contributed by atoms with Crippen LogP contribution in [0.3, 0.4) is 0 Å². The van der Waals surface area contributed by atoms with Crippen molar-refractivity contribution in [3.63, 3.8) is 0 Å². The summed E-state index contributed by atoms with van der Waals surface area (Å²) in [5.41, 5.74) is 2.07. The van der Waals surface area contributed by atoms with Gasteiger partial charge in [0.2, 0.25) is 0 Å². The number of carbonyl (C=O) groups excluding carboxylic acids is 1. The zero-order valence-electron chi connectivity index (χ0n) is 16.3. The standard InChI is InChI=1S/C20H23BrN2O4S/c1-5-25-15-11-13(10-14(21)18(15)26-6-2)17-16(19(24)27-7-3)12(4)22-20-23(17)8-9-28-20/h8-11,17H,5-7H2,1-4H3. The van der Waals surface area contributed by atoms with Crippen molar-refractivity contribution in [2.45, 2.75) is 33.7 Å². The second kappa shape index (κ2) is 9.05. The van der Waals surface area contributed by atoms with Crippen molar-refractivity contribution in [1.29, 1.82) is 0 Å². The fourth-order valence-corrected chi connectivity index (χ4v) is 4.56. The third-order valence-electron chi connectivity index (χ3n) is 4.25. The third-order valence-corrected chi connectivity index (χ3v) is 5.61. The molecule has 3 rings (SSSR count). The Labute approximate surface area is 177 Å². The molecule has 0 aliphatic carbocycles. The highest BCUT2D eigenvalue weighted by Gasteiger charge is 2.38. The number of hydrogen-bond donors (Lipinski definition) is 0. The molecule has 1 aromatic rings. The molecule has 0 saturated heterocycles. The highest BCUT2D eigenvalue weighted by molar-refractivity contribution is 9.10. The Hall–Kier alpha value is -1.93. The fourth-order valence-electron chi connectivity index (χ4n) is 3.19. The Morgan fingerprint density at radius 3 is 2.64 bits per heavy atom. The van der Waals surface area contributed by atoms with E-state index < -0.39 is 0 Å². The Bertz CT molecular complexity index is 866. The van der Waals surface area contributed by atoms with Crippen molar-refractivity contribution in [2.24, 2.45) is 4.99 Å². The average molecular weight is 467 g/mol. The van der Waals surface area contributed by atoms with Gasteiger partial charge >= 0.3 is 5.97 Å². The quantitative estimate of drug-likeness (QED) is 0.526. The minimum atomic E-state index is -0.360. The first-order valence-corrected chi connectivity index (χ1v) is 10.9. The first-order valence-electron chi connectivity index (χ1n) is 9.19. The van der Waals surface area contributed by atoms with Crippen LogP contribution in [0, 0.1) is 0 Å².